The average molecular weight is 350 g/mol. The van der Waals surface area contributed by atoms with Gasteiger partial charge in [0.25, 0.3) is 0 Å². The largest absolute Gasteiger partial charge is 0.331 e. The van der Waals surface area contributed by atoms with E-state index in [2.05, 4.69) is 20.6 Å². The van der Waals surface area contributed by atoms with Crippen molar-refractivity contribution in [2.24, 2.45) is 5.92 Å². The van der Waals surface area contributed by atoms with E-state index in [-0.39, 0.29) is 11.8 Å². The molecule has 2 heterocycles. The number of pyridine rings is 1. The molecule has 0 atom stereocenters. The smallest absolute Gasteiger partial charge is 0.227 e. The first-order valence-corrected chi connectivity index (χ1v) is 9.20. The second kappa shape index (κ2) is 7.03. The zero-order chi connectivity index (χ0) is 17.1. The molecule has 0 radical (unpaired) electrons. The number of amides is 1. The molecule has 0 bridgehead atoms. The number of hydrogen-bond donors (Lipinski definition) is 2. The summed E-state index contributed by atoms with van der Waals surface area (Å²) in [6.07, 6.45) is 6.68. The quantitative estimate of drug-likeness (QED) is 0.701. The molecule has 6 heteroatoms. The molecule has 1 aliphatic carbocycles. The van der Waals surface area contributed by atoms with E-state index in [9.17, 15) is 4.79 Å². The van der Waals surface area contributed by atoms with Gasteiger partial charge in [-0.3, -0.25) is 9.78 Å². The predicted octanol–water partition coefficient (Wildman–Crippen LogP) is 4.69. The summed E-state index contributed by atoms with van der Waals surface area (Å²) in [4.78, 5) is 20.7. The minimum absolute atomic E-state index is 0.123. The molecule has 2 N–H and O–H groups in total. The Hall–Kier alpha value is -2.73. The van der Waals surface area contributed by atoms with Crippen molar-refractivity contribution >= 4 is 33.8 Å². The monoisotopic (exact) mass is 350 g/mol. The SMILES string of the molecule is O=C(Nc1cccc(Nc2nc(-c3ccncc3)cs2)c1)C1CCC1. The van der Waals surface area contributed by atoms with Crippen LogP contribution in [0.1, 0.15) is 19.3 Å². The van der Waals surface area contributed by atoms with E-state index in [0.29, 0.717) is 0 Å². The number of nitrogens with zero attached hydrogens (tertiary/aromatic N) is 2. The number of carbonyl (C=O) groups is 1. The molecule has 25 heavy (non-hydrogen) atoms. The van der Waals surface area contributed by atoms with E-state index >= 15 is 0 Å². The Bertz CT molecular complexity index is 874. The Morgan fingerprint density at radius 2 is 1.92 bits per heavy atom. The minimum Gasteiger partial charge on any atom is -0.331 e. The topological polar surface area (TPSA) is 66.9 Å². The summed E-state index contributed by atoms with van der Waals surface area (Å²) >= 11 is 1.55. The van der Waals surface area contributed by atoms with Gasteiger partial charge in [0.2, 0.25) is 5.91 Å². The number of aromatic nitrogens is 2. The highest BCUT2D eigenvalue weighted by Crippen LogP contribution is 2.29. The number of rotatable bonds is 5. The molecule has 1 aromatic carbocycles. The zero-order valence-electron chi connectivity index (χ0n) is 13.6. The number of benzene rings is 1. The van der Waals surface area contributed by atoms with E-state index < -0.39 is 0 Å². The molecule has 0 aliphatic heterocycles. The Morgan fingerprint density at radius 3 is 2.68 bits per heavy atom. The number of carbonyl (C=O) groups excluding carboxylic acids is 1. The van der Waals surface area contributed by atoms with Crippen LogP contribution in [0.2, 0.25) is 0 Å². The van der Waals surface area contributed by atoms with Gasteiger partial charge >= 0.3 is 0 Å². The van der Waals surface area contributed by atoms with Gasteiger partial charge in [0.1, 0.15) is 0 Å². The number of thiazole rings is 1. The van der Waals surface area contributed by atoms with Crippen LogP contribution in [-0.2, 0) is 4.79 Å². The molecular weight excluding hydrogens is 332 g/mol. The fourth-order valence-corrected chi connectivity index (χ4v) is 3.44. The highest BCUT2D eigenvalue weighted by atomic mass is 32.1. The predicted molar refractivity (Wildman–Crippen MR) is 101 cm³/mol. The van der Waals surface area contributed by atoms with E-state index in [0.717, 1.165) is 47.0 Å². The Kier molecular flexibility index (Phi) is 4.43. The molecule has 3 aromatic rings. The molecule has 1 aliphatic rings. The van der Waals surface area contributed by atoms with Crippen LogP contribution in [0.3, 0.4) is 0 Å². The van der Waals surface area contributed by atoms with Gasteiger partial charge < -0.3 is 10.6 Å². The molecule has 2 aromatic heterocycles. The van der Waals surface area contributed by atoms with Crippen LogP contribution in [0.15, 0.2) is 54.2 Å². The molecule has 0 spiro atoms. The van der Waals surface area contributed by atoms with E-state index in [1.807, 2.05) is 41.8 Å². The molecule has 5 nitrogen and oxygen atoms in total. The van der Waals surface area contributed by atoms with Gasteiger partial charge in [0, 0.05) is 40.6 Å². The first-order chi connectivity index (χ1) is 12.3. The van der Waals surface area contributed by atoms with Crippen molar-refractivity contribution in [1.29, 1.82) is 0 Å². The third kappa shape index (κ3) is 3.69. The van der Waals surface area contributed by atoms with Gasteiger partial charge in [0.15, 0.2) is 5.13 Å². The molecule has 4 rings (SSSR count). The molecule has 1 fully saturated rings. The summed E-state index contributed by atoms with van der Waals surface area (Å²) in [5, 5.41) is 9.13. The van der Waals surface area contributed by atoms with E-state index in [1.54, 1.807) is 23.7 Å². The van der Waals surface area contributed by atoms with Gasteiger partial charge in [-0.25, -0.2) is 4.98 Å². The Balaban J connectivity index is 1.45. The van der Waals surface area contributed by atoms with Crippen LogP contribution in [0.4, 0.5) is 16.5 Å². The summed E-state index contributed by atoms with van der Waals surface area (Å²) in [7, 11) is 0. The minimum atomic E-state index is 0.123. The molecule has 126 valence electrons. The number of nitrogens with one attached hydrogen (secondary N) is 2. The van der Waals surface area contributed by atoms with Crippen molar-refractivity contribution < 1.29 is 4.79 Å². The van der Waals surface area contributed by atoms with Crippen molar-refractivity contribution in [2.45, 2.75) is 19.3 Å². The summed E-state index contributed by atoms with van der Waals surface area (Å²) in [6, 6.07) is 11.6. The highest BCUT2D eigenvalue weighted by molar-refractivity contribution is 7.14. The zero-order valence-corrected chi connectivity index (χ0v) is 14.4. The van der Waals surface area contributed by atoms with Crippen molar-refractivity contribution in [3.63, 3.8) is 0 Å². The molecular formula is C19H18N4OS. The summed E-state index contributed by atoms with van der Waals surface area (Å²) in [6.45, 7) is 0. The molecule has 0 unspecified atom stereocenters. The first-order valence-electron chi connectivity index (χ1n) is 8.32. The van der Waals surface area contributed by atoms with Gasteiger partial charge in [0.05, 0.1) is 5.69 Å². The van der Waals surface area contributed by atoms with Crippen molar-refractivity contribution in [3.05, 3.63) is 54.2 Å². The second-order valence-electron chi connectivity index (χ2n) is 6.10. The fraction of sp³-hybridized carbons (Fsp3) is 0.211. The third-order valence-corrected chi connectivity index (χ3v) is 5.10. The van der Waals surface area contributed by atoms with Crippen molar-refractivity contribution in [1.82, 2.24) is 9.97 Å². The average Bonchev–Trinajstić information content (AvgIpc) is 3.03. The molecule has 0 saturated heterocycles. The number of anilines is 3. The van der Waals surface area contributed by atoms with E-state index in [1.165, 1.54) is 0 Å². The number of hydrogen-bond acceptors (Lipinski definition) is 5. The van der Waals surface area contributed by atoms with Crippen LogP contribution in [0, 0.1) is 5.92 Å². The van der Waals surface area contributed by atoms with E-state index in [4.69, 9.17) is 0 Å². The summed E-state index contributed by atoms with van der Waals surface area (Å²) in [5.41, 5.74) is 3.68. The lowest BCUT2D eigenvalue weighted by molar-refractivity contribution is -0.122. The van der Waals surface area contributed by atoms with Crippen LogP contribution in [-0.4, -0.2) is 15.9 Å². The van der Waals surface area contributed by atoms with Gasteiger partial charge in [-0.2, -0.15) is 0 Å². The maximum atomic E-state index is 12.1. The van der Waals surface area contributed by atoms with Crippen LogP contribution >= 0.6 is 11.3 Å². The molecule has 1 amide bonds. The van der Waals surface area contributed by atoms with Gasteiger partial charge in [-0.15, -0.1) is 11.3 Å². The van der Waals surface area contributed by atoms with Crippen LogP contribution in [0.5, 0.6) is 0 Å². The lowest BCUT2D eigenvalue weighted by Crippen LogP contribution is -2.27. The second-order valence-corrected chi connectivity index (χ2v) is 6.95. The first kappa shape index (κ1) is 15.8. The lowest BCUT2D eigenvalue weighted by atomic mass is 9.85. The Morgan fingerprint density at radius 1 is 1.12 bits per heavy atom. The lowest BCUT2D eigenvalue weighted by Gasteiger charge is -2.24. The normalized spacial score (nSPS) is 13.9. The highest BCUT2D eigenvalue weighted by Gasteiger charge is 2.25. The van der Waals surface area contributed by atoms with Crippen molar-refractivity contribution in [3.8, 4) is 11.3 Å². The Labute approximate surface area is 150 Å². The standard InChI is InChI=1S/C19H18N4OS/c24-18(14-3-1-4-14)21-15-5-2-6-16(11-15)22-19-23-17(12-25-19)13-7-9-20-10-8-13/h2,5-12,14H,1,3-4H2,(H,21,24)(H,22,23). The van der Waals surface area contributed by atoms with Crippen LogP contribution in [0.25, 0.3) is 11.3 Å². The maximum Gasteiger partial charge on any atom is 0.227 e. The van der Waals surface area contributed by atoms with Gasteiger partial charge in [-0.05, 0) is 43.2 Å². The van der Waals surface area contributed by atoms with Crippen molar-refractivity contribution in [2.75, 3.05) is 10.6 Å². The molecule has 1 saturated carbocycles. The van der Waals surface area contributed by atoms with Gasteiger partial charge in [-0.1, -0.05) is 12.5 Å². The maximum absolute atomic E-state index is 12.1. The summed E-state index contributed by atoms with van der Waals surface area (Å²) in [5.74, 6) is 0.302. The summed E-state index contributed by atoms with van der Waals surface area (Å²) < 4.78 is 0. The van der Waals surface area contributed by atoms with Crippen LogP contribution < -0.4 is 10.6 Å². The third-order valence-electron chi connectivity index (χ3n) is 4.34. The fourth-order valence-electron chi connectivity index (χ4n) is 2.70.